The highest BCUT2D eigenvalue weighted by atomic mass is 15.3. The molecule has 2 aromatic rings. The molecular formula is C16H23N7. The Morgan fingerprint density at radius 3 is 3.04 bits per heavy atom. The van der Waals surface area contributed by atoms with E-state index in [2.05, 4.69) is 44.3 Å². The Kier molecular flexibility index (Phi) is 6.77. The van der Waals surface area contributed by atoms with Crippen LogP contribution in [0.4, 0.5) is 0 Å². The highest BCUT2D eigenvalue weighted by Crippen LogP contribution is 1.96. The van der Waals surface area contributed by atoms with Gasteiger partial charge in [-0.25, -0.2) is 4.99 Å². The van der Waals surface area contributed by atoms with Crippen LogP contribution in [0.1, 0.15) is 18.4 Å². The Morgan fingerprint density at radius 1 is 1.39 bits per heavy atom. The largest absolute Gasteiger partial charge is 0.355 e. The van der Waals surface area contributed by atoms with E-state index in [9.17, 15) is 0 Å². The zero-order chi connectivity index (χ0) is 16.3. The number of rotatable bonds is 8. The van der Waals surface area contributed by atoms with E-state index < -0.39 is 0 Å². The molecule has 2 rings (SSSR count). The van der Waals surface area contributed by atoms with E-state index in [1.54, 1.807) is 18.6 Å². The first-order chi connectivity index (χ1) is 11.3. The molecule has 0 saturated heterocycles. The van der Waals surface area contributed by atoms with E-state index in [1.165, 1.54) is 0 Å². The lowest BCUT2D eigenvalue weighted by Gasteiger charge is -2.12. The van der Waals surface area contributed by atoms with Gasteiger partial charge in [0.05, 0.1) is 12.2 Å². The minimum atomic E-state index is 0.528. The lowest BCUT2D eigenvalue weighted by molar-refractivity contribution is 0.633. The topological polar surface area (TPSA) is 80.0 Å². The summed E-state index contributed by atoms with van der Waals surface area (Å²) in [4.78, 5) is 8.81. The SMILES string of the molecule is C=CCNC(=NCc1ccccn1)NCCn1cnnc1CC. The molecule has 2 aromatic heterocycles. The van der Waals surface area contributed by atoms with Crippen molar-refractivity contribution in [2.45, 2.75) is 26.4 Å². The van der Waals surface area contributed by atoms with Crippen molar-refractivity contribution in [3.63, 3.8) is 0 Å². The molecule has 0 fully saturated rings. The molecule has 0 aliphatic heterocycles. The summed E-state index contributed by atoms with van der Waals surface area (Å²) in [6.45, 7) is 8.49. The summed E-state index contributed by atoms with van der Waals surface area (Å²) >= 11 is 0. The lowest BCUT2D eigenvalue weighted by atomic mass is 10.3. The monoisotopic (exact) mass is 313 g/mol. The number of nitrogens with one attached hydrogen (secondary N) is 2. The first kappa shape index (κ1) is 16.7. The van der Waals surface area contributed by atoms with Crippen LogP contribution in [-0.2, 0) is 19.5 Å². The molecule has 0 saturated carbocycles. The van der Waals surface area contributed by atoms with Crippen molar-refractivity contribution < 1.29 is 0 Å². The number of guanidine groups is 1. The molecule has 7 heteroatoms. The molecule has 23 heavy (non-hydrogen) atoms. The normalized spacial score (nSPS) is 11.3. The fourth-order valence-electron chi connectivity index (χ4n) is 2.03. The molecule has 2 N–H and O–H groups in total. The molecule has 122 valence electrons. The predicted octanol–water partition coefficient (Wildman–Crippen LogP) is 1.16. The van der Waals surface area contributed by atoms with E-state index >= 15 is 0 Å². The predicted molar refractivity (Wildman–Crippen MR) is 91.0 cm³/mol. The van der Waals surface area contributed by atoms with Crippen LogP contribution in [0.2, 0.25) is 0 Å². The fraction of sp³-hybridized carbons (Fsp3) is 0.375. The molecule has 0 amide bonds. The molecule has 0 aliphatic rings. The number of hydrogen-bond donors (Lipinski definition) is 2. The second kappa shape index (κ2) is 9.34. The summed E-state index contributed by atoms with van der Waals surface area (Å²) < 4.78 is 2.04. The number of aryl methyl sites for hydroxylation is 1. The van der Waals surface area contributed by atoms with Crippen LogP contribution in [-0.4, -0.2) is 38.8 Å². The second-order valence-corrected chi connectivity index (χ2v) is 4.88. The molecule has 0 spiro atoms. The van der Waals surface area contributed by atoms with E-state index in [1.807, 2.05) is 22.8 Å². The van der Waals surface area contributed by atoms with Crippen LogP contribution in [0, 0.1) is 0 Å². The zero-order valence-corrected chi connectivity index (χ0v) is 13.4. The zero-order valence-electron chi connectivity index (χ0n) is 13.4. The molecule has 0 bridgehead atoms. The van der Waals surface area contributed by atoms with Gasteiger partial charge in [0, 0.05) is 32.3 Å². The molecule has 0 aromatic carbocycles. The molecule has 0 aliphatic carbocycles. The Bertz CT molecular complexity index is 618. The molecule has 0 radical (unpaired) electrons. The van der Waals surface area contributed by atoms with Crippen LogP contribution < -0.4 is 10.6 Å². The number of pyridine rings is 1. The Hall–Kier alpha value is -2.70. The Balaban J connectivity index is 1.88. The Morgan fingerprint density at radius 2 is 2.30 bits per heavy atom. The summed E-state index contributed by atoms with van der Waals surface area (Å²) in [6, 6.07) is 5.81. The minimum Gasteiger partial charge on any atom is -0.355 e. The van der Waals surface area contributed by atoms with Gasteiger partial charge < -0.3 is 15.2 Å². The number of aromatic nitrogens is 4. The van der Waals surface area contributed by atoms with Crippen LogP contribution in [0.3, 0.4) is 0 Å². The van der Waals surface area contributed by atoms with Crippen molar-refractivity contribution >= 4 is 5.96 Å². The highest BCUT2D eigenvalue weighted by Gasteiger charge is 2.02. The second-order valence-electron chi connectivity index (χ2n) is 4.88. The minimum absolute atomic E-state index is 0.528. The van der Waals surface area contributed by atoms with Gasteiger partial charge in [-0.05, 0) is 12.1 Å². The molecule has 2 heterocycles. The first-order valence-electron chi connectivity index (χ1n) is 7.73. The third-order valence-electron chi connectivity index (χ3n) is 3.20. The standard InChI is InChI=1S/C16H23N7/c1-3-8-18-16(20-12-14-7-5-6-9-17-14)19-10-11-23-13-21-22-15(23)4-2/h3,5-7,9,13H,1,4,8,10-12H2,2H3,(H2,18,19,20). The number of hydrogen-bond acceptors (Lipinski definition) is 4. The van der Waals surface area contributed by atoms with Gasteiger partial charge in [0.25, 0.3) is 0 Å². The summed E-state index contributed by atoms with van der Waals surface area (Å²) in [7, 11) is 0. The van der Waals surface area contributed by atoms with Crippen molar-refractivity contribution in [1.82, 2.24) is 30.4 Å². The maximum atomic E-state index is 4.54. The van der Waals surface area contributed by atoms with Crippen molar-refractivity contribution in [3.8, 4) is 0 Å². The molecule has 0 atom stereocenters. The quantitative estimate of drug-likeness (QED) is 0.434. The smallest absolute Gasteiger partial charge is 0.191 e. The maximum Gasteiger partial charge on any atom is 0.191 e. The van der Waals surface area contributed by atoms with Crippen LogP contribution in [0.25, 0.3) is 0 Å². The average Bonchev–Trinajstić information content (AvgIpc) is 3.05. The highest BCUT2D eigenvalue weighted by molar-refractivity contribution is 5.79. The van der Waals surface area contributed by atoms with Crippen LogP contribution in [0.5, 0.6) is 0 Å². The summed E-state index contributed by atoms with van der Waals surface area (Å²) in [5.41, 5.74) is 0.930. The first-order valence-corrected chi connectivity index (χ1v) is 7.73. The van der Waals surface area contributed by atoms with Gasteiger partial charge in [-0.1, -0.05) is 19.1 Å². The third kappa shape index (κ3) is 5.54. The van der Waals surface area contributed by atoms with E-state index in [0.29, 0.717) is 13.1 Å². The maximum absolute atomic E-state index is 4.54. The molecule has 0 unspecified atom stereocenters. The Labute approximate surface area is 136 Å². The summed E-state index contributed by atoms with van der Waals surface area (Å²) in [5, 5.41) is 14.5. The van der Waals surface area contributed by atoms with Gasteiger partial charge in [-0.3, -0.25) is 4.98 Å². The van der Waals surface area contributed by atoms with Crippen molar-refractivity contribution in [3.05, 3.63) is 54.9 Å². The summed E-state index contributed by atoms with van der Waals surface area (Å²) in [6.07, 6.45) is 6.19. The van der Waals surface area contributed by atoms with Crippen LogP contribution in [0.15, 0.2) is 48.4 Å². The van der Waals surface area contributed by atoms with E-state index in [-0.39, 0.29) is 0 Å². The molecule has 7 nitrogen and oxygen atoms in total. The number of nitrogens with zero attached hydrogens (tertiary/aromatic N) is 5. The van der Waals surface area contributed by atoms with E-state index in [4.69, 9.17) is 0 Å². The average molecular weight is 313 g/mol. The van der Waals surface area contributed by atoms with Gasteiger partial charge >= 0.3 is 0 Å². The van der Waals surface area contributed by atoms with Gasteiger partial charge in [0.1, 0.15) is 12.2 Å². The van der Waals surface area contributed by atoms with Crippen molar-refractivity contribution in [2.24, 2.45) is 4.99 Å². The summed E-state index contributed by atoms with van der Waals surface area (Å²) in [5.74, 6) is 1.72. The van der Waals surface area contributed by atoms with Crippen LogP contribution >= 0.6 is 0 Å². The van der Waals surface area contributed by atoms with Crippen molar-refractivity contribution in [2.75, 3.05) is 13.1 Å². The molecular weight excluding hydrogens is 290 g/mol. The fourth-order valence-corrected chi connectivity index (χ4v) is 2.03. The lowest BCUT2D eigenvalue weighted by Crippen LogP contribution is -2.39. The van der Waals surface area contributed by atoms with Crippen molar-refractivity contribution in [1.29, 1.82) is 0 Å². The third-order valence-corrected chi connectivity index (χ3v) is 3.20. The number of aliphatic imine (C=N–C) groups is 1. The van der Waals surface area contributed by atoms with E-state index in [0.717, 1.165) is 37.0 Å². The van der Waals surface area contributed by atoms with Gasteiger partial charge in [0.15, 0.2) is 5.96 Å². The van der Waals surface area contributed by atoms with Gasteiger partial charge in [-0.15, -0.1) is 16.8 Å². The van der Waals surface area contributed by atoms with Gasteiger partial charge in [0.2, 0.25) is 0 Å². The van der Waals surface area contributed by atoms with Gasteiger partial charge in [-0.2, -0.15) is 0 Å².